The number of hydrogen-bond acceptors (Lipinski definition) is 2. The monoisotopic (exact) mass is 199 g/mol. The van der Waals surface area contributed by atoms with Gasteiger partial charge in [-0.3, -0.25) is 4.79 Å². The molecule has 0 N–H and O–H groups in total. The Morgan fingerprint density at radius 3 is 1.86 bits per heavy atom. The zero-order valence-electron chi connectivity index (χ0n) is 9.98. The molecule has 1 aromatic heterocycles. The van der Waals surface area contributed by atoms with Crippen LogP contribution in [0.3, 0.4) is 0 Å². The second-order valence-corrected chi connectivity index (χ2v) is 2.64. The molecule has 1 heterocycles. The summed E-state index contributed by atoms with van der Waals surface area (Å²) in [6.07, 6.45) is 5.39. The largest absolute Gasteiger partial charge is 0.349 e. The summed E-state index contributed by atoms with van der Waals surface area (Å²) in [7, 11) is 5.39. The molecule has 0 aliphatic rings. The van der Waals surface area contributed by atoms with E-state index < -0.39 is 0 Å². The van der Waals surface area contributed by atoms with Crippen LogP contribution < -0.4 is 0 Å². The maximum atomic E-state index is 10.1. The molecule has 14 heavy (non-hydrogen) atoms. The summed E-state index contributed by atoms with van der Waals surface area (Å²) in [5.41, 5.74) is 0. The molecule has 0 aromatic carbocycles. The smallest absolute Gasteiger partial charge is 0.218 e. The number of carbonyl (C=O) groups excluding carboxylic acids is 1. The molecule has 0 saturated heterocycles. The Morgan fingerprint density at radius 2 is 1.79 bits per heavy atom. The molecule has 1 aromatic rings. The van der Waals surface area contributed by atoms with Gasteiger partial charge in [-0.2, -0.15) is 0 Å². The lowest BCUT2D eigenvalue weighted by Gasteiger charge is -2.02. The van der Waals surface area contributed by atoms with Crippen molar-refractivity contribution < 1.29 is 4.79 Å². The lowest BCUT2D eigenvalue weighted by Crippen LogP contribution is -2.17. The molecule has 1 amide bonds. The molecule has 0 aliphatic heterocycles. The number of hydrogen-bond donors (Lipinski definition) is 0. The van der Waals surface area contributed by atoms with E-state index in [4.69, 9.17) is 0 Å². The van der Waals surface area contributed by atoms with Gasteiger partial charge < -0.3 is 9.47 Å². The van der Waals surface area contributed by atoms with Gasteiger partial charge in [0.25, 0.3) is 0 Å². The third-order valence-electron chi connectivity index (χ3n) is 1.27. The van der Waals surface area contributed by atoms with Crippen LogP contribution in [0.5, 0.6) is 0 Å². The van der Waals surface area contributed by atoms with Crippen molar-refractivity contribution in [3.63, 3.8) is 0 Å². The van der Waals surface area contributed by atoms with Gasteiger partial charge in [0.1, 0.15) is 0 Å². The first-order valence-electron chi connectivity index (χ1n) is 4.64. The Balaban J connectivity index is 0. The minimum Gasteiger partial charge on any atom is -0.349 e. The first-order chi connectivity index (χ1) is 6.54. The van der Waals surface area contributed by atoms with Gasteiger partial charge in [-0.05, 0) is 0 Å². The number of nitrogens with zero attached hydrogens (tertiary/aromatic N) is 3. The number of rotatable bonds is 0. The van der Waals surface area contributed by atoms with Crippen LogP contribution in [-0.4, -0.2) is 34.5 Å². The maximum Gasteiger partial charge on any atom is 0.218 e. The summed E-state index contributed by atoms with van der Waals surface area (Å²) in [6, 6.07) is 0. The van der Waals surface area contributed by atoms with E-state index in [2.05, 4.69) is 4.98 Å². The van der Waals surface area contributed by atoms with Gasteiger partial charge in [0.05, 0.1) is 6.33 Å². The number of aromatic nitrogens is 2. The Labute approximate surface area is 86.6 Å². The normalized spacial score (nSPS) is 7.57. The van der Waals surface area contributed by atoms with E-state index in [1.54, 1.807) is 26.6 Å². The van der Waals surface area contributed by atoms with Crippen molar-refractivity contribution in [3.05, 3.63) is 18.7 Å². The second kappa shape index (κ2) is 9.77. The van der Waals surface area contributed by atoms with Gasteiger partial charge in [0.15, 0.2) is 0 Å². The highest BCUT2D eigenvalue weighted by Crippen LogP contribution is 1.73. The molecule has 0 unspecified atom stereocenters. The summed E-state index contributed by atoms with van der Waals surface area (Å²) in [5, 5.41) is 0. The Kier molecular flexibility index (Phi) is 10.6. The molecular formula is C10H21N3O. The first-order valence-corrected chi connectivity index (χ1v) is 4.64. The molecule has 0 aliphatic carbocycles. The average molecular weight is 199 g/mol. The number of amides is 1. The van der Waals surface area contributed by atoms with Crippen molar-refractivity contribution in [3.8, 4) is 0 Å². The molecule has 0 fully saturated rings. The van der Waals surface area contributed by atoms with E-state index >= 15 is 0 Å². The van der Waals surface area contributed by atoms with Crippen LogP contribution in [-0.2, 0) is 11.8 Å². The lowest BCUT2D eigenvalue weighted by atomic mass is 10.7. The lowest BCUT2D eigenvalue weighted by molar-refractivity contribution is -0.126. The Hall–Kier alpha value is -1.32. The summed E-state index contributed by atoms with van der Waals surface area (Å²) in [6.45, 7) is 5.53. The maximum absolute atomic E-state index is 10.1. The predicted molar refractivity (Wildman–Crippen MR) is 58.9 cm³/mol. The molecule has 0 bridgehead atoms. The number of imidazole rings is 1. The van der Waals surface area contributed by atoms with Crippen LogP contribution in [0.4, 0.5) is 0 Å². The van der Waals surface area contributed by atoms with E-state index in [0.717, 1.165) is 0 Å². The van der Waals surface area contributed by atoms with E-state index in [9.17, 15) is 4.79 Å². The zero-order valence-corrected chi connectivity index (χ0v) is 9.98. The van der Waals surface area contributed by atoms with E-state index in [1.165, 1.54) is 11.8 Å². The molecule has 0 radical (unpaired) electrons. The summed E-state index contributed by atoms with van der Waals surface area (Å²) < 4.78 is 1.89. The summed E-state index contributed by atoms with van der Waals surface area (Å²) >= 11 is 0. The van der Waals surface area contributed by atoms with Crippen molar-refractivity contribution in [2.24, 2.45) is 7.05 Å². The van der Waals surface area contributed by atoms with Crippen molar-refractivity contribution >= 4 is 5.91 Å². The summed E-state index contributed by atoms with van der Waals surface area (Å²) in [4.78, 5) is 15.4. The first kappa shape index (κ1) is 15.2. The fraction of sp³-hybridized carbons (Fsp3) is 0.600. The van der Waals surface area contributed by atoms with Crippen LogP contribution in [0.1, 0.15) is 20.8 Å². The van der Waals surface area contributed by atoms with Gasteiger partial charge in [0.2, 0.25) is 5.91 Å². The van der Waals surface area contributed by atoms with Gasteiger partial charge in [-0.25, -0.2) is 4.98 Å². The highest BCUT2D eigenvalue weighted by Gasteiger charge is 1.87. The van der Waals surface area contributed by atoms with Crippen LogP contribution >= 0.6 is 0 Å². The summed E-state index contributed by atoms with van der Waals surface area (Å²) in [5.74, 6) is 0.0926. The van der Waals surface area contributed by atoms with Crippen LogP contribution in [0, 0.1) is 0 Å². The highest BCUT2D eigenvalue weighted by atomic mass is 16.2. The Morgan fingerprint density at radius 1 is 1.36 bits per heavy atom. The van der Waals surface area contributed by atoms with Crippen LogP contribution in [0.2, 0.25) is 0 Å². The van der Waals surface area contributed by atoms with E-state index in [-0.39, 0.29) is 5.91 Å². The topological polar surface area (TPSA) is 38.1 Å². The standard InChI is InChI=1S/C4H6N2.C4H9NO.C2H6/c1-6-3-2-5-4-6;1-4(6)5(2)3;1-2/h2-4H,1H3;1-3H3;1-2H3. The van der Waals surface area contributed by atoms with Crippen LogP contribution in [0.25, 0.3) is 0 Å². The fourth-order valence-electron chi connectivity index (χ4n) is 0.326. The van der Waals surface area contributed by atoms with Gasteiger partial charge >= 0.3 is 0 Å². The average Bonchev–Trinajstić information content (AvgIpc) is 2.60. The van der Waals surface area contributed by atoms with Crippen molar-refractivity contribution in [1.29, 1.82) is 0 Å². The molecule has 1 rings (SSSR count). The minimum atomic E-state index is 0.0926. The minimum absolute atomic E-state index is 0.0926. The number of carbonyl (C=O) groups is 1. The number of aryl methyl sites for hydroxylation is 1. The second-order valence-electron chi connectivity index (χ2n) is 2.64. The molecule has 0 atom stereocenters. The molecule has 0 spiro atoms. The van der Waals surface area contributed by atoms with E-state index in [1.807, 2.05) is 31.7 Å². The Bertz CT molecular complexity index is 217. The molecule has 82 valence electrons. The predicted octanol–water partition coefficient (Wildman–Crippen LogP) is 1.54. The van der Waals surface area contributed by atoms with Gasteiger partial charge in [-0.1, -0.05) is 13.8 Å². The van der Waals surface area contributed by atoms with Gasteiger partial charge in [0, 0.05) is 40.5 Å². The third-order valence-corrected chi connectivity index (χ3v) is 1.27. The SMILES string of the molecule is CC.CC(=O)N(C)C.Cn1ccnc1. The third kappa shape index (κ3) is 10.7. The van der Waals surface area contributed by atoms with Crippen molar-refractivity contribution in [2.45, 2.75) is 20.8 Å². The quantitative estimate of drug-likeness (QED) is 0.635. The van der Waals surface area contributed by atoms with Crippen molar-refractivity contribution in [1.82, 2.24) is 14.5 Å². The molecular weight excluding hydrogens is 178 g/mol. The van der Waals surface area contributed by atoms with Crippen LogP contribution in [0.15, 0.2) is 18.7 Å². The van der Waals surface area contributed by atoms with Crippen molar-refractivity contribution in [2.75, 3.05) is 14.1 Å². The highest BCUT2D eigenvalue weighted by molar-refractivity contribution is 5.72. The molecule has 4 heteroatoms. The zero-order chi connectivity index (χ0) is 11.6. The molecule has 4 nitrogen and oxygen atoms in total. The fourth-order valence-corrected chi connectivity index (χ4v) is 0.326. The van der Waals surface area contributed by atoms with E-state index in [0.29, 0.717) is 0 Å². The molecule has 0 saturated carbocycles. The van der Waals surface area contributed by atoms with Gasteiger partial charge in [-0.15, -0.1) is 0 Å².